The summed E-state index contributed by atoms with van der Waals surface area (Å²) in [6.07, 6.45) is 2.60. The first-order valence-electron chi connectivity index (χ1n) is 6.03. The molecule has 85 valence electrons. The number of rotatable bonds is 2. The largest absolute Gasteiger partial charge is 0.0837 e. The van der Waals surface area contributed by atoms with E-state index in [1.54, 1.807) is 0 Å². The molecule has 0 unspecified atom stereocenters. The SMILES string of the molecule is Cc1[c]cc(C2CC2)c(-c2ccccc2Cl)c1. The monoisotopic (exact) mass is 241 g/mol. The molecule has 0 saturated heterocycles. The molecular formula is C16H14Cl. The summed E-state index contributed by atoms with van der Waals surface area (Å²) in [7, 11) is 0. The summed E-state index contributed by atoms with van der Waals surface area (Å²) < 4.78 is 0. The molecule has 0 N–H and O–H groups in total. The van der Waals surface area contributed by atoms with Gasteiger partial charge in [0.25, 0.3) is 0 Å². The maximum Gasteiger partial charge on any atom is 0.0484 e. The highest BCUT2D eigenvalue weighted by Crippen LogP contribution is 2.45. The zero-order valence-corrected chi connectivity index (χ0v) is 10.6. The van der Waals surface area contributed by atoms with Gasteiger partial charge in [0.1, 0.15) is 0 Å². The lowest BCUT2D eigenvalue weighted by Crippen LogP contribution is -1.89. The van der Waals surface area contributed by atoms with E-state index in [-0.39, 0.29) is 0 Å². The molecule has 1 saturated carbocycles. The summed E-state index contributed by atoms with van der Waals surface area (Å²) in [5.74, 6) is 0.720. The molecule has 0 amide bonds. The van der Waals surface area contributed by atoms with Crippen LogP contribution < -0.4 is 0 Å². The fraction of sp³-hybridized carbons (Fsp3) is 0.250. The van der Waals surface area contributed by atoms with E-state index >= 15 is 0 Å². The molecule has 0 aromatic heterocycles. The van der Waals surface area contributed by atoms with Crippen molar-refractivity contribution in [2.24, 2.45) is 0 Å². The van der Waals surface area contributed by atoms with Crippen molar-refractivity contribution in [2.75, 3.05) is 0 Å². The molecular weight excluding hydrogens is 228 g/mol. The molecule has 0 aliphatic heterocycles. The van der Waals surface area contributed by atoms with E-state index in [1.165, 1.54) is 29.5 Å². The van der Waals surface area contributed by atoms with Crippen LogP contribution in [0.5, 0.6) is 0 Å². The molecule has 0 nitrogen and oxygen atoms in total. The summed E-state index contributed by atoms with van der Waals surface area (Å²) in [4.78, 5) is 0. The van der Waals surface area contributed by atoms with E-state index in [2.05, 4.69) is 31.2 Å². The molecule has 3 rings (SSSR count). The Balaban J connectivity index is 2.18. The van der Waals surface area contributed by atoms with E-state index in [0.717, 1.165) is 16.5 Å². The van der Waals surface area contributed by atoms with Crippen molar-refractivity contribution in [1.82, 2.24) is 0 Å². The minimum atomic E-state index is 0.720. The highest BCUT2D eigenvalue weighted by atomic mass is 35.5. The maximum absolute atomic E-state index is 6.30. The predicted molar refractivity (Wildman–Crippen MR) is 72.4 cm³/mol. The number of aryl methyl sites for hydroxylation is 1. The summed E-state index contributed by atoms with van der Waals surface area (Å²) in [5.41, 5.74) is 5.01. The number of hydrogen-bond donors (Lipinski definition) is 0. The summed E-state index contributed by atoms with van der Waals surface area (Å²) in [5, 5.41) is 0.833. The lowest BCUT2D eigenvalue weighted by Gasteiger charge is -2.11. The molecule has 1 radical (unpaired) electrons. The highest BCUT2D eigenvalue weighted by Gasteiger charge is 2.26. The Labute approximate surface area is 107 Å². The Hall–Kier alpha value is -1.27. The van der Waals surface area contributed by atoms with E-state index in [0.29, 0.717) is 0 Å². The Morgan fingerprint density at radius 2 is 1.94 bits per heavy atom. The number of halogens is 1. The van der Waals surface area contributed by atoms with Gasteiger partial charge in [0, 0.05) is 10.6 Å². The van der Waals surface area contributed by atoms with Crippen LogP contribution in [0.1, 0.15) is 29.9 Å². The Morgan fingerprint density at radius 3 is 2.65 bits per heavy atom. The lowest BCUT2D eigenvalue weighted by molar-refractivity contribution is 1.13. The Kier molecular flexibility index (Phi) is 2.68. The number of benzene rings is 2. The van der Waals surface area contributed by atoms with Crippen LogP contribution in [0.2, 0.25) is 5.02 Å². The van der Waals surface area contributed by atoms with Crippen molar-refractivity contribution in [3.63, 3.8) is 0 Å². The Bertz CT molecular complexity index is 553. The summed E-state index contributed by atoms with van der Waals surface area (Å²) in [6.45, 7) is 2.08. The standard InChI is InChI=1S/C16H14Cl/c1-11-6-9-13(12-7-8-12)15(10-11)14-4-2-3-5-16(14)17/h2-5,9-10,12H,7-8H2,1H3. The Morgan fingerprint density at radius 1 is 1.18 bits per heavy atom. The third kappa shape index (κ3) is 2.10. The minimum absolute atomic E-state index is 0.720. The van der Waals surface area contributed by atoms with Gasteiger partial charge in [-0.05, 0) is 60.6 Å². The zero-order chi connectivity index (χ0) is 11.8. The predicted octanol–water partition coefficient (Wildman–Crippen LogP) is 4.99. The molecule has 1 fully saturated rings. The summed E-state index contributed by atoms with van der Waals surface area (Å²) in [6, 6.07) is 15.7. The molecule has 2 aromatic rings. The smallest absolute Gasteiger partial charge is 0.0484 e. The third-order valence-electron chi connectivity index (χ3n) is 3.31. The third-order valence-corrected chi connectivity index (χ3v) is 3.64. The van der Waals surface area contributed by atoms with Crippen molar-refractivity contribution in [3.8, 4) is 11.1 Å². The molecule has 0 spiro atoms. The maximum atomic E-state index is 6.30. The van der Waals surface area contributed by atoms with Gasteiger partial charge >= 0.3 is 0 Å². The minimum Gasteiger partial charge on any atom is -0.0837 e. The van der Waals surface area contributed by atoms with Crippen LogP contribution >= 0.6 is 11.6 Å². The fourth-order valence-electron chi connectivity index (χ4n) is 2.26. The van der Waals surface area contributed by atoms with Gasteiger partial charge in [0.2, 0.25) is 0 Å². The van der Waals surface area contributed by atoms with Gasteiger partial charge in [-0.2, -0.15) is 0 Å². The average molecular weight is 242 g/mol. The van der Waals surface area contributed by atoms with Crippen LogP contribution in [0.3, 0.4) is 0 Å². The van der Waals surface area contributed by atoms with Crippen LogP contribution in [0.25, 0.3) is 11.1 Å². The van der Waals surface area contributed by atoms with Crippen LogP contribution in [-0.2, 0) is 0 Å². The van der Waals surface area contributed by atoms with Crippen molar-refractivity contribution in [2.45, 2.75) is 25.7 Å². The van der Waals surface area contributed by atoms with E-state index in [4.69, 9.17) is 11.6 Å². The van der Waals surface area contributed by atoms with Gasteiger partial charge in [-0.25, -0.2) is 0 Å². The lowest BCUT2D eigenvalue weighted by atomic mass is 9.95. The second-order valence-electron chi connectivity index (χ2n) is 4.74. The van der Waals surface area contributed by atoms with E-state index in [1.807, 2.05) is 18.2 Å². The van der Waals surface area contributed by atoms with Crippen molar-refractivity contribution >= 4 is 11.6 Å². The molecule has 1 heteroatoms. The van der Waals surface area contributed by atoms with Gasteiger partial charge in [-0.3, -0.25) is 0 Å². The topological polar surface area (TPSA) is 0 Å². The second-order valence-corrected chi connectivity index (χ2v) is 5.15. The van der Waals surface area contributed by atoms with Crippen LogP contribution in [0.4, 0.5) is 0 Å². The average Bonchev–Trinajstić information content (AvgIpc) is 3.13. The van der Waals surface area contributed by atoms with Crippen molar-refractivity contribution < 1.29 is 0 Å². The van der Waals surface area contributed by atoms with E-state index in [9.17, 15) is 0 Å². The van der Waals surface area contributed by atoms with E-state index < -0.39 is 0 Å². The van der Waals surface area contributed by atoms with Crippen molar-refractivity contribution in [3.05, 3.63) is 58.6 Å². The first kappa shape index (κ1) is 10.9. The molecule has 17 heavy (non-hydrogen) atoms. The van der Waals surface area contributed by atoms with Gasteiger partial charge in [-0.15, -0.1) is 0 Å². The quantitative estimate of drug-likeness (QED) is 0.695. The summed E-state index contributed by atoms with van der Waals surface area (Å²) >= 11 is 6.30. The number of hydrogen-bond acceptors (Lipinski definition) is 0. The normalized spacial score (nSPS) is 14.9. The van der Waals surface area contributed by atoms with Gasteiger partial charge in [0.15, 0.2) is 0 Å². The molecule has 2 aromatic carbocycles. The first-order chi connectivity index (χ1) is 8.25. The van der Waals surface area contributed by atoms with Gasteiger partial charge < -0.3 is 0 Å². The van der Waals surface area contributed by atoms with Gasteiger partial charge in [0.05, 0.1) is 0 Å². The molecule has 1 aliphatic rings. The highest BCUT2D eigenvalue weighted by molar-refractivity contribution is 6.33. The van der Waals surface area contributed by atoms with Crippen LogP contribution in [0, 0.1) is 13.0 Å². The van der Waals surface area contributed by atoms with Crippen LogP contribution in [-0.4, -0.2) is 0 Å². The van der Waals surface area contributed by atoms with Gasteiger partial charge in [-0.1, -0.05) is 35.9 Å². The van der Waals surface area contributed by atoms with Crippen LogP contribution in [0.15, 0.2) is 36.4 Å². The molecule has 0 heterocycles. The zero-order valence-electron chi connectivity index (χ0n) is 9.83. The second kappa shape index (κ2) is 4.19. The first-order valence-corrected chi connectivity index (χ1v) is 6.40. The van der Waals surface area contributed by atoms with Crippen molar-refractivity contribution in [1.29, 1.82) is 0 Å². The fourth-order valence-corrected chi connectivity index (χ4v) is 2.49. The molecule has 0 bridgehead atoms. The molecule has 1 aliphatic carbocycles. The molecule has 0 atom stereocenters.